The molecular weight excluding hydrogens is 1020 g/mol. The van der Waals surface area contributed by atoms with Crippen LogP contribution in [0.2, 0.25) is 20.1 Å². The average Bonchev–Trinajstić information content (AvgIpc) is 4.17. The van der Waals surface area contributed by atoms with Crippen LogP contribution in [-0.4, -0.2) is 64.6 Å². The zero-order valence-electron chi connectivity index (χ0n) is 38.0. The van der Waals surface area contributed by atoms with Crippen molar-refractivity contribution in [3.8, 4) is 28.6 Å². The number of aromatic nitrogens is 4. The molecule has 6 heterocycles. The molecule has 4 aromatic carbocycles. The molecule has 8 aromatic rings. The highest BCUT2D eigenvalue weighted by Crippen LogP contribution is 2.58. The van der Waals surface area contributed by atoms with Crippen LogP contribution in [0.5, 0.6) is 0 Å². The molecule has 0 spiro atoms. The van der Waals surface area contributed by atoms with Gasteiger partial charge in [-0.25, -0.2) is 9.97 Å². The number of primary amides is 1. The Morgan fingerprint density at radius 1 is 0.690 bits per heavy atom. The number of carbonyl (C=O) groups excluding carboxylic acids is 1. The number of ether oxygens (including phenoxy) is 2. The van der Waals surface area contributed by atoms with Crippen LogP contribution < -0.4 is 15.5 Å². The van der Waals surface area contributed by atoms with Gasteiger partial charge in [0.2, 0.25) is 5.91 Å². The van der Waals surface area contributed by atoms with Crippen LogP contribution in [-0.2, 0) is 22.7 Å². The molecule has 71 heavy (non-hydrogen) atoms. The van der Waals surface area contributed by atoms with Crippen LogP contribution in [0.3, 0.4) is 0 Å². The Morgan fingerprint density at radius 2 is 1.23 bits per heavy atom. The molecule has 2 atom stereocenters. The number of anilines is 2. The second-order valence-corrected chi connectivity index (χ2v) is 22.4. The molecule has 2 saturated carbocycles. The number of hydrogen-bond acceptors (Lipinski definition) is 14. The smallest absolute Gasteiger partial charge is 0.248 e. The molecule has 362 valence electrons. The second kappa shape index (κ2) is 19.3. The molecule has 2 aliphatic heterocycles. The molecule has 2 aliphatic carbocycles. The maximum atomic E-state index is 11.7. The van der Waals surface area contributed by atoms with Gasteiger partial charge < -0.3 is 34.1 Å². The number of amides is 1. The standard InChI is InChI=1S/C52H44Cl4N8O5S2/c53-36-2-1-3-37(54)44(36)47-35(25-67-31-12-14-63(15-13-31)51-59-40-8-4-26(23-57)18-42(40)70-51)49(69-62-47)33-22-32(33)29-19-38(55)45(39(56)20-29)46-34(48(68-61-46)27-5-6-27)24-66-30-10-16-64(17-11-30)52-60-41-9-7-28(50(58)65)21-43(41)71-52/h1-4,7-9,18-21,27,30-33H,5-6,10-17,22,24-25H2,(H2,58,65). The van der Waals surface area contributed by atoms with E-state index >= 15 is 0 Å². The van der Waals surface area contributed by atoms with E-state index in [9.17, 15) is 10.1 Å². The summed E-state index contributed by atoms with van der Waals surface area (Å²) in [5.41, 5.74) is 13.5. The van der Waals surface area contributed by atoms with Gasteiger partial charge in [-0.3, -0.25) is 4.79 Å². The van der Waals surface area contributed by atoms with Crippen molar-refractivity contribution in [3.05, 3.63) is 126 Å². The van der Waals surface area contributed by atoms with E-state index in [-0.39, 0.29) is 36.6 Å². The van der Waals surface area contributed by atoms with Crippen LogP contribution in [0.15, 0.2) is 75.8 Å². The van der Waals surface area contributed by atoms with Crippen molar-refractivity contribution in [2.45, 2.75) is 88.1 Å². The SMILES string of the molecule is N#Cc1ccc2nc(N3CCC(OCc4c(-c5c(Cl)cccc5Cl)noc4C4CC4c4cc(Cl)c(-c5noc(C6CC6)c5COC5CCN(c6nc7ccc(C(N)=O)cc7s6)CC5)c(Cl)c4)CC3)sc2c1. The minimum Gasteiger partial charge on any atom is -0.373 e. The maximum absolute atomic E-state index is 11.7. The summed E-state index contributed by atoms with van der Waals surface area (Å²) in [4.78, 5) is 26.0. The largest absolute Gasteiger partial charge is 0.373 e. The number of fused-ring (bicyclic) bond motifs is 2. The predicted molar refractivity (Wildman–Crippen MR) is 279 cm³/mol. The Balaban J connectivity index is 0.734. The third-order valence-corrected chi connectivity index (χ3v) is 17.5. The highest BCUT2D eigenvalue weighted by molar-refractivity contribution is 7.22. The summed E-state index contributed by atoms with van der Waals surface area (Å²) in [6.07, 6.45) is 6.16. The van der Waals surface area contributed by atoms with E-state index in [1.807, 2.05) is 42.5 Å². The van der Waals surface area contributed by atoms with Crippen molar-refractivity contribution in [3.63, 3.8) is 0 Å². The van der Waals surface area contributed by atoms with Crippen molar-refractivity contribution in [1.29, 1.82) is 5.26 Å². The van der Waals surface area contributed by atoms with Crippen molar-refractivity contribution in [2.75, 3.05) is 36.0 Å². The van der Waals surface area contributed by atoms with Gasteiger partial charge in [-0.2, -0.15) is 5.26 Å². The van der Waals surface area contributed by atoms with E-state index in [0.29, 0.717) is 60.3 Å². The second-order valence-electron chi connectivity index (χ2n) is 18.8. The highest BCUT2D eigenvalue weighted by Gasteiger charge is 2.46. The van der Waals surface area contributed by atoms with Gasteiger partial charge in [0.05, 0.1) is 77.6 Å². The van der Waals surface area contributed by atoms with Gasteiger partial charge in [-0.05, 0) is 117 Å². The van der Waals surface area contributed by atoms with Crippen LogP contribution in [0.25, 0.3) is 42.9 Å². The van der Waals surface area contributed by atoms with Crippen molar-refractivity contribution in [2.24, 2.45) is 5.73 Å². The molecule has 4 aromatic heterocycles. The fourth-order valence-electron chi connectivity index (χ4n) is 10.0. The van der Waals surface area contributed by atoms with Crippen LogP contribution in [0.1, 0.15) is 107 Å². The summed E-state index contributed by atoms with van der Waals surface area (Å²) < 4.78 is 27.5. The van der Waals surface area contributed by atoms with Gasteiger partial charge in [0.25, 0.3) is 0 Å². The fourth-order valence-corrected chi connectivity index (χ4v) is 13.4. The molecule has 2 saturated heterocycles. The first-order chi connectivity index (χ1) is 34.6. The third-order valence-electron chi connectivity index (χ3n) is 14.2. The van der Waals surface area contributed by atoms with E-state index in [1.165, 1.54) is 0 Å². The van der Waals surface area contributed by atoms with Gasteiger partial charge in [-0.1, -0.05) is 85.5 Å². The number of halogens is 4. The number of carbonyl (C=O) groups is 1. The van der Waals surface area contributed by atoms with Gasteiger partial charge in [0.15, 0.2) is 10.3 Å². The Morgan fingerprint density at radius 3 is 1.79 bits per heavy atom. The normalized spacial score (nSPS) is 18.7. The van der Waals surface area contributed by atoms with Gasteiger partial charge in [0, 0.05) is 65.8 Å². The van der Waals surface area contributed by atoms with Gasteiger partial charge in [-0.15, -0.1) is 0 Å². The molecule has 0 radical (unpaired) electrons. The maximum Gasteiger partial charge on any atom is 0.248 e. The Labute approximate surface area is 436 Å². The molecule has 2 N–H and O–H groups in total. The van der Waals surface area contributed by atoms with Crippen LogP contribution in [0.4, 0.5) is 10.3 Å². The molecule has 19 heteroatoms. The number of rotatable bonds is 14. The van der Waals surface area contributed by atoms with E-state index < -0.39 is 5.91 Å². The Hall–Kier alpha value is -5.28. The Bertz CT molecular complexity index is 3360. The molecule has 12 rings (SSSR count). The topological polar surface area (TPSA) is 170 Å². The summed E-state index contributed by atoms with van der Waals surface area (Å²) in [6.45, 7) is 3.75. The summed E-state index contributed by atoms with van der Waals surface area (Å²) >= 11 is 31.2. The zero-order valence-corrected chi connectivity index (χ0v) is 42.7. The van der Waals surface area contributed by atoms with Crippen LogP contribution in [0, 0.1) is 11.3 Å². The number of hydrogen-bond donors (Lipinski definition) is 1. The number of nitrogens with two attached hydrogens (primary N) is 1. The zero-order chi connectivity index (χ0) is 48.5. The average molecular weight is 1070 g/mol. The third kappa shape index (κ3) is 9.27. The van der Waals surface area contributed by atoms with Crippen molar-refractivity contribution < 1.29 is 23.3 Å². The van der Waals surface area contributed by atoms with E-state index in [1.54, 1.807) is 46.9 Å². The summed E-state index contributed by atoms with van der Waals surface area (Å²) in [6, 6.07) is 22.6. The van der Waals surface area contributed by atoms with Gasteiger partial charge >= 0.3 is 0 Å². The van der Waals surface area contributed by atoms with Gasteiger partial charge in [0.1, 0.15) is 22.9 Å². The lowest BCUT2D eigenvalue weighted by Crippen LogP contribution is -2.37. The lowest BCUT2D eigenvalue weighted by atomic mass is 9.99. The highest BCUT2D eigenvalue weighted by atomic mass is 35.5. The number of piperidine rings is 2. The lowest BCUT2D eigenvalue weighted by molar-refractivity contribution is 0.0245. The number of thiazole rings is 2. The van der Waals surface area contributed by atoms with E-state index in [0.717, 1.165) is 130 Å². The van der Waals surface area contributed by atoms with Crippen molar-refractivity contribution >= 4 is 106 Å². The summed E-state index contributed by atoms with van der Waals surface area (Å²) in [5.74, 6) is 1.46. The first-order valence-corrected chi connectivity index (χ1v) is 26.9. The monoisotopic (exact) mass is 1060 g/mol. The minimum absolute atomic E-state index is 0.000496. The number of nitriles is 1. The van der Waals surface area contributed by atoms with E-state index in [4.69, 9.17) is 80.6 Å². The first kappa shape index (κ1) is 46.8. The minimum atomic E-state index is -0.449. The number of nitrogens with zero attached hydrogens (tertiary/aromatic N) is 7. The number of benzene rings is 4. The summed E-state index contributed by atoms with van der Waals surface area (Å²) in [7, 11) is 0. The fraction of sp³-hybridized carbons (Fsp3) is 0.346. The van der Waals surface area contributed by atoms with E-state index in [2.05, 4.69) is 26.2 Å². The molecule has 0 bridgehead atoms. The summed E-state index contributed by atoms with van der Waals surface area (Å²) in [5, 5.41) is 22.3. The molecular formula is C52H44Cl4N8O5S2. The molecule has 4 aliphatic rings. The predicted octanol–water partition coefficient (Wildman–Crippen LogP) is 13.3. The molecule has 4 fully saturated rings. The Kier molecular flexibility index (Phi) is 12.7. The lowest BCUT2D eigenvalue weighted by Gasteiger charge is -2.31. The van der Waals surface area contributed by atoms with Crippen molar-refractivity contribution in [1.82, 2.24) is 20.3 Å². The molecule has 13 nitrogen and oxygen atoms in total. The first-order valence-electron chi connectivity index (χ1n) is 23.7. The quantitative estimate of drug-likeness (QED) is 0.109. The van der Waals surface area contributed by atoms with Crippen LogP contribution >= 0.6 is 69.1 Å². The molecule has 2 unspecified atom stereocenters. The molecule has 1 amide bonds.